The summed E-state index contributed by atoms with van der Waals surface area (Å²) in [5.41, 5.74) is 1.43. The van der Waals surface area contributed by atoms with Gasteiger partial charge >= 0.3 is 0 Å². The van der Waals surface area contributed by atoms with Crippen LogP contribution in [0.1, 0.15) is 19.2 Å². The summed E-state index contributed by atoms with van der Waals surface area (Å²) in [4.78, 5) is 24.8. The largest absolute Gasteiger partial charge is 0.347 e. The van der Waals surface area contributed by atoms with Crippen LogP contribution in [0.3, 0.4) is 0 Å². The number of amides is 2. The van der Waals surface area contributed by atoms with E-state index in [0.717, 1.165) is 16.3 Å². The van der Waals surface area contributed by atoms with E-state index in [4.69, 9.17) is 0 Å². The van der Waals surface area contributed by atoms with Gasteiger partial charge in [-0.05, 0) is 42.0 Å². The van der Waals surface area contributed by atoms with Gasteiger partial charge in [-0.1, -0.05) is 6.07 Å². The second kappa shape index (κ2) is 8.96. The Morgan fingerprint density at radius 1 is 1.30 bits per heavy atom. The van der Waals surface area contributed by atoms with Crippen LogP contribution in [0, 0.1) is 0 Å². The minimum Gasteiger partial charge on any atom is -0.347 e. The maximum atomic E-state index is 12.5. The van der Waals surface area contributed by atoms with Crippen molar-refractivity contribution in [2.75, 3.05) is 12.0 Å². The number of carbonyl (C=O) groups is 2. The number of rotatable bonds is 8. The van der Waals surface area contributed by atoms with Crippen LogP contribution in [0.15, 0.2) is 29.6 Å². The van der Waals surface area contributed by atoms with Gasteiger partial charge in [0.15, 0.2) is 11.5 Å². The van der Waals surface area contributed by atoms with E-state index in [1.807, 2.05) is 35.9 Å². The third-order valence-electron chi connectivity index (χ3n) is 3.83. The van der Waals surface area contributed by atoms with Gasteiger partial charge in [0.1, 0.15) is 11.7 Å². The number of hydrogen-bond acceptors (Lipinski definition) is 7. The Kier molecular flexibility index (Phi) is 6.40. The Hall–Kier alpha value is -2.46. The summed E-state index contributed by atoms with van der Waals surface area (Å²) in [5.74, 6) is 0.831. The highest BCUT2D eigenvalue weighted by atomic mass is 32.2. The van der Waals surface area contributed by atoms with Gasteiger partial charge < -0.3 is 10.6 Å². The number of thioether (sulfide) groups is 1. The molecule has 0 bridgehead atoms. The fourth-order valence-corrected chi connectivity index (χ4v) is 3.70. The fraction of sp³-hybridized carbons (Fsp3) is 0.353. The van der Waals surface area contributed by atoms with Crippen molar-refractivity contribution >= 4 is 40.6 Å². The van der Waals surface area contributed by atoms with Crippen LogP contribution >= 0.6 is 23.1 Å². The van der Waals surface area contributed by atoms with Crippen molar-refractivity contribution in [1.29, 1.82) is 0 Å². The van der Waals surface area contributed by atoms with E-state index in [2.05, 4.69) is 25.9 Å². The maximum absolute atomic E-state index is 12.5. The molecule has 0 aliphatic carbocycles. The molecule has 8 nitrogen and oxygen atoms in total. The summed E-state index contributed by atoms with van der Waals surface area (Å²) in [5, 5.41) is 20.3. The molecule has 0 aliphatic rings. The highest BCUT2D eigenvalue weighted by molar-refractivity contribution is 7.98. The summed E-state index contributed by atoms with van der Waals surface area (Å²) in [6.07, 6.45) is 2.52. The van der Waals surface area contributed by atoms with Gasteiger partial charge in [0.2, 0.25) is 11.8 Å². The Labute approximate surface area is 164 Å². The number of nitrogens with zero attached hydrogens (tertiary/aromatic N) is 4. The average Bonchev–Trinajstić information content (AvgIpc) is 3.32. The normalized spacial score (nSPS) is 12.1. The van der Waals surface area contributed by atoms with E-state index in [-0.39, 0.29) is 18.4 Å². The van der Waals surface area contributed by atoms with Crippen molar-refractivity contribution in [3.05, 3.63) is 35.5 Å². The lowest BCUT2D eigenvalue weighted by Crippen LogP contribution is -2.46. The van der Waals surface area contributed by atoms with E-state index in [9.17, 15) is 9.59 Å². The molecule has 0 aliphatic heterocycles. The number of aromatic nitrogens is 4. The molecule has 142 valence electrons. The molecule has 2 amide bonds. The first kappa shape index (κ1) is 19.3. The van der Waals surface area contributed by atoms with Crippen LogP contribution in [-0.4, -0.2) is 49.7 Å². The topological polar surface area (TPSA) is 101 Å². The Balaban J connectivity index is 1.73. The van der Waals surface area contributed by atoms with Crippen LogP contribution in [-0.2, 0) is 16.1 Å². The van der Waals surface area contributed by atoms with E-state index in [1.165, 1.54) is 6.92 Å². The second-order valence-electron chi connectivity index (χ2n) is 5.83. The Morgan fingerprint density at radius 2 is 2.15 bits per heavy atom. The Morgan fingerprint density at radius 3 is 2.85 bits per heavy atom. The minimum absolute atomic E-state index is 0.177. The van der Waals surface area contributed by atoms with Crippen molar-refractivity contribution in [2.45, 2.75) is 25.9 Å². The van der Waals surface area contributed by atoms with Gasteiger partial charge in [0.05, 0.1) is 11.4 Å². The van der Waals surface area contributed by atoms with Crippen LogP contribution in [0.4, 0.5) is 0 Å². The number of carbonyl (C=O) groups excluding carboxylic acids is 2. The van der Waals surface area contributed by atoms with Gasteiger partial charge in [0, 0.05) is 6.92 Å². The van der Waals surface area contributed by atoms with Crippen LogP contribution in [0.5, 0.6) is 0 Å². The fourth-order valence-electron chi connectivity index (χ4n) is 2.54. The first-order chi connectivity index (χ1) is 13.1. The van der Waals surface area contributed by atoms with Crippen molar-refractivity contribution in [3.8, 4) is 10.6 Å². The molecule has 0 saturated heterocycles. The van der Waals surface area contributed by atoms with Crippen molar-refractivity contribution in [1.82, 2.24) is 30.4 Å². The zero-order valence-corrected chi connectivity index (χ0v) is 16.6. The first-order valence-corrected chi connectivity index (χ1v) is 10.6. The Bertz CT molecular complexity index is 925. The molecule has 2 N–H and O–H groups in total. The predicted octanol–water partition coefficient (Wildman–Crippen LogP) is 1.73. The molecular weight excluding hydrogens is 384 g/mol. The highest BCUT2D eigenvalue weighted by Crippen LogP contribution is 2.22. The summed E-state index contributed by atoms with van der Waals surface area (Å²) in [7, 11) is 0. The molecule has 0 unspecified atom stereocenters. The van der Waals surface area contributed by atoms with Gasteiger partial charge in [-0.25, -0.2) is 0 Å². The number of thiophene rings is 1. The lowest BCUT2D eigenvalue weighted by atomic mass is 10.2. The minimum atomic E-state index is -0.566. The summed E-state index contributed by atoms with van der Waals surface area (Å²) >= 11 is 3.23. The maximum Gasteiger partial charge on any atom is 0.242 e. The van der Waals surface area contributed by atoms with Crippen molar-refractivity contribution in [3.63, 3.8) is 0 Å². The number of fused-ring (bicyclic) bond motifs is 1. The van der Waals surface area contributed by atoms with E-state index in [1.54, 1.807) is 27.6 Å². The second-order valence-corrected chi connectivity index (χ2v) is 7.77. The average molecular weight is 405 g/mol. The van der Waals surface area contributed by atoms with Crippen LogP contribution in [0.2, 0.25) is 0 Å². The molecule has 3 aromatic heterocycles. The molecule has 1 atom stereocenters. The molecule has 0 aromatic carbocycles. The zero-order chi connectivity index (χ0) is 19.2. The molecule has 3 heterocycles. The summed E-state index contributed by atoms with van der Waals surface area (Å²) < 4.78 is 1.63. The lowest BCUT2D eigenvalue weighted by Gasteiger charge is -2.16. The standard InChI is InChI=1S/C17H20N6O2S2/c1-11(24)19-13(7-9-26-2)17(25)18-10-16-21-20-15-6-5-12(22-23(15)16)14-4-3-8-27-14/h3-6,8,13H,7,9-10H2,1-2H3,(H,18,25)(H,19,24)/t13-/m1/s1. The van der Waals surface area contributed by atoms with Gasteiger partial charge in [-0.3, -0.25) is 9.59 Å². The SMILES string of the molecule is CSCC[C@@H](NC(C)=O)C(=O)NCc1nnc2ccc(-c3cccs3)nn12. The van der Waals surface area contributed by atoms with E-state index >= 15 is 0 Å². The monoisotopic (exact) mass is 404 g/mol. The third kappa shape index (κ3) is 4.83. The van der Waals surface area contributed by atoms with E-state index in [0.29, 0.717) is 17.9 Å². The van der Waals surface area contributed by atoms with Crippen molar-refractivity contribution < 1.29 is 9.59 Å². The summed E-state index contributed by atoms with van der Waals surface area (Å²) in [6.45, 7) is 1.58. The first-order valence-electron chi connectivity index (χ1n) is 8.37. The summed E-state index contributed by atoms with van der Waals surface area (Å²) in [6, 6.07) is 7.14. The molecule has 0 fully saturated rings. The molecule has 27 heavy (non-hydrogen) atoms. The molecule has 3 aromatic rings. The molecule has 0 spiro atoms. The van der Waals surface area contributed by atoms with Crippen LogP contribution < -0.4 is 10.6 Å². The highest BCUT2D eigenvalue weighted by Gasteiger charge is 2.19. The lowest BCUT2D eigenvalue weighted by molar-refractivity contribution is -0.128. The molecule has 0 radical (unpaired) electrons. The number of hydrogen-bond donors (Lipinski definition) is 2. The number of nitrogens with one attached hydrogen (secondary N) is 2. The molecular formula is C17H20N6O2S2. The smallest absolute Gasteiger partial charge is 0.242 e. The quantitative estimate of drug-likeness (QED) is 0.593. The molecule has 3 rings (SSSR count). The van der Waals surface area contributed by atoms with Gasteiger partial charge in [-0.2, -0.15) is 21.4 Å². The predicted molar refractivity (Wildman–Crippen MR) is 107 cm³/mol. The van der Waals surface area contributed by atoms with Crippen LogP contribution in [0.25, 0.3) is 16.2 Å². The molecule has 10 heteroatoms. The third-order valence-corrected chi connectivity index (χ3v) is 5.36. The van der Waals surface area contributed by atoms with Crippen molar-refractivity contribution in [2.24, 2.45) is 0 Å². The molecule has 0 saturated carbocycles. The van der Waals surface area contributed by atoms with Gasteiger partial charge in [-0.15, -0.1) is 21.5 Å². The van der Waals surface area contributed by atoms with Gasteiger partial charge in [0.25, 0.3) is 0 Å². The zero-order valence-electron chi connectivity index (χ0n) is 15.0. The van der Waals surface area contributed by atoms with E-state index < -0.39 is 6.04 Å².